The van der Waals surface area contributed by atoms with Gasteiger partial charge in [-0.1, -0.05) is 97.1 Å². The average molecular weight is 500 g/mol. The summed E-state index contributed by atoms with van der Waals surface area (Å²) in [7, 11) is 0. The fourth-order valence-corrected chi connectivity index (χ4v) is 7.87. The van der Waals surface area contributed by atoms with E-state index in [0.717, 1.165) is 35.9 Å². The zero-order valence-electron chi connectivity index (χ0n) is 24.4. The van der Waals surface area contributed by atoms with Crippen LogP contribution in [-0.2, 0) is 0 Å². The van der Waals surface area contributed by atoms with Crippen molar-refractivity contribution in [3.8, 4) is 0 Å². The van der Waals surface area contributed by atoms with Crippen molar-refractivity contribution < 1.29 is 0 Å². The summed E-state index contributed by atoms with van der Waals surface area (Å²) < 4.78 is 0. The fraction of sp³-hybridized carbons (Fsp3) is 0.909. The molecule has 3 aliphatic rings. The molecule has 6 atom stereocenters. The van der Waals surface area contributed by atoms with Crippen molar-refractivity contribution >= 4 is 5.71 Å². The zero-order chi connectivity index (χ0) is 25.8. The molecule has 3 heteroatoms. The molecule has 0 aromatic carbocycles. The molecule has 0 aromatic heterocycles. The monoisotopic (exact) mass is 499 g/mol. The van der Waals surface area contributed by atoms with Crippen molar-refractivity contribution in [1.29, 1.82) is 5.41 Å². The summed E-state index contributed by atoms with van der Waals surface area (Å²) in [6.45, 7) is 8.81. The van der Waals surface area contributed by atoms with E-state index in [1.54, 1.807) is 0 Å². The van der Waals surface area contributed by atoms with Gasteiger partial charge in [-0.25, -0.2) is 5.01 Å². The predicted octanol–water partition coefficient (Wildman–Crippen LogP) is 9.32. The van der Waals surface area contributed by atoms with E-state index in [1.165, 1.54) is 122 Å². The van der Waals surface area contributed by atoms with E-state index in [-0.39, 0.29) is 0 Å². The summed E-state index contributed by atoms with van der Waals surface area (Å²) >= 11 is 0. The number of nitrogens with zero attached hydrogens (tertiary/aromatic N) is 1. The largest absolute Gasteiger partial charge is 0.308 e. The molecule has 0 heterocycles. The minimum absolute atomic E-state index is 0.375. The molecule has 36 heavy (non-hydrogen) atoms. The highest BCUT2D eigenvalue weighted by molar-refractivity contribution is 5.86. The first-order chi connectivity index (χ1) is 17.4. The van der Waals surface area contributed by atoms with Gasteiger partial charge in [0.15, 0.2) is 0 Å². The van der Waals surface area contributed by atoms with Gasteiger partial charge >= 0.3 is 0 Å². The van der Waals surface area contributed by atoms with Crippen LogP contribution < -0.4 is 5.84 Å². The second-order valence-electron chi connectivity index (χ2n) is 13.5. The number of hydrogen-bond acceptors (Lipinski definition) is 3. The maximum atomic E-state index is 8.77. The molecule has 0 spiro atoms. The van der Waals surface area contributed by atoms with Gasteiger partial charge in [0.05, 0.1) is 6.54 Å². The van der Waals surface area contributed by atoms with Crippen LogP contribution >= 0.6 is 0 Å². The summed E-state index contributed by atoms with van der Waals surface area (Å²) in [6.07, 6.45) is 31.0. The number of fused-ring (bicyclic) bond motifs is 2. The van der Waals surface area contributed by atoms with Crippen LogP contribution in [0.4, 0.5) is 0 Å². The quantitative estimate of drug-likeness (QED) is 0.0688. The normalized spacial score (nSPS) is 32.2. The Kier molecular flexibility index (Phi) is 13.0. The molecular weight excluding hydrogens is 438 g/mol. The minimum Gasteiger partial charge on any atom is -0.308 e. The van der Waals surface area contributed by atoms with Crippen LogP contribution in [0.5, 0.6) is 0 Å². The molecule has 3 nitrogen and oxygen atoms in total. The maximum absolute atomic E-state index is 8.77. The number of allylic oxidation sites excluding steroid dienone is 2. The molecular formula is C33H61N3. The third-order valence-corrected chi connectivity index (χ3v) is 10.4. The number of nitrogens with one attached hydrogen (secondary N) is 1. The lowest BCUT2D eigenvalue weighted by molar-refractivity contribution is 0.171. The Labute approximate surface area is 224 Å². The summed E-state index contributed by atoms with van der Waals surface area (Å²) in [6, 6.07) is 0. The number of nitrogens with two attached hydrogens (primary N) is 1. The lowest BCUT2D eigenvalue weighted by Crippen LogP contribution is -2.41. The molecule has 3 N–H and O–H groups in total. The van der Waals surface area contributed by atoms with Gasteiger partial charge in [0, 0.05) is 18.2 Å². The number of hydrazine groups is 1. The molecule has 3 aliphatic carbocycles. The van der Waals surface area contributed by atoms with Crippen LogP contribution in [0.2, 0.25) is 0 Å². The van der Waals surface area contributed by atoms with E-state index in [4.69, 9.17) is 11.3 Å². The first kappa shape index (κ1) is 29.9. The van der Waals surface area contributed by atoms with E-state index in [2.05, 4.69) is 32.9 Å². The van der Waals surface area contributed by atoms with Crippen LogP contribution in [0.1, 0.15) is 143 Å². The highest BCUT2D eigenvalue weighted by Crippen LogP contribution is 2.56. The van der Waals surface area contributed by atoms with Gasteiger partial charge in [-0.3, -0.25) is 5.84 Å². The standard InChI is InChI=1S/C33H61N3/c1-4-15-28-17-14-18-29(20-19-28)16-12-10-8-6-5-7-9-11-13-23-36(35)26-32(34)31-24-30-25-33(31,3)22-21-27(30)2/h14,17,27-31,34H,4-13,15-16,18-26,35H2,1-3H3. The van der Waals surface area contributed by atoms with Gasteiger partial charge in [-0.2, -0.15) is 0 Å². The highest BCUT2D eigenvalue weighted by atomic mass is 15.4. The lowest BCUT2D eigenvalue weighted by atomic mass is 9.69. The Balaban J connectivity index is 1.12. The first-order valence-electron chi connectivity index (χ1n) is 16.1. The number of hydrogen-bond donors (Lipinski definition) is 2. The van der Waals surface area contributed by atoms with Crippen LogP contribution in [0.3, 0.4) is 0 Å². The average Bonchev–Trinajstić information content (AvgIpc) is 2.96. The second-order valence-corrected chi connectivity index (χ2v) is 13.5. The van der Waals surface area contributed by atoms with E-state index < -0.39 is 0 Å². The van der Waals surface area contributed by atoms with E-state index >= 15 is 0 Å². The molecule has 2 bridgehead atoms. The van der Waals surface area contributed by atoms with Crippen LogP contribution in [0.15, 0.2) is 12.2 Å². The van der Waals surface area contributed by atoms with Crippen molar-refractivity contribution in [2.24, 2.45) is 40.8 Å². The lowest BCUT2D eigenvalue weighted by Gasteiger charge is -2.36. The summed E-state index contributed by atoms with van der Waals surface area (Å²) in [5.41, 5.74) is 1.28. The van der Waals surface area contributed by atoms with Crippen molar-refractivity contribution in [3.63, 3.8) is 0 Å². The number of unbranched alkanes of at least 4 members (excludes halogenated alkanes) is 8. The SMILES string of the molecule is CCCC1C=CCC(CCCCCCCCCCCN(N)CC(=N)C2CC3CC2(C)CCC3C)CC1. The molecule has 0 aromatic rings. The minimum atomic E-state index is 0.375. The molecule has 0 saturated heterocycles. The van der Waals surface area contributed by atoms with Gasteiger partial charge < -0.3 is 5.41 Å². The second kappa shape index (κ2) is 15.7. The van der Waals surface area contributed by atoms with E-state index in [0.29, 0.717) is 17.9 Å². The van der Waals surface area contributed by atoms with Crippen molar-refractivity contribution in [3.05, 3.63) is 12.2 Å². The Morgan fingerprint density at radius 1 is 0.972 bits per heavy atom. The van der Waals surface area contributed by atoms with Crippen LogP contribution in [0.25, 0.3) is 0 Å². The molecule has 0 aliphatic heterocycles. The smallest absolute Gasteiger partial charge is 0.0509 e. The summed E-state index contributed by atoms with van der Waals surface area (Å²) in [5.74, 6) is 10.3. The third kappa shape index (κ3) is 9.57. The van der Waals surface area contributed by atoms with E-state index in [1.807, 2.05) is 5.01 Å². The predicted molar refractivity (Wildman–Crippen MR) is 157 cm³/mol. The van der Waals surface area contributed by atoms with Gasteiger partial charge in [0.1, 0.15) is 0 Å². The Hall–Kier alpha value is -0.670. The third-order valence-electron chi connectivity index (χ3n) is 10.4. The Bertz CT molecular complexity index is 657. The fourth-order valence-electron chi connectivity index (χ4n) is 7.87. The molecule has 6 unspecified atom stereocenters. The first-order valence-corrected chi connectivity index (χ1v) is 16.1. The molecule has 2 saturated carbocycles. The van der Waals surface area contributed by atoms with Crippen LogP contribution in [-0.4, -0.2) is 23.8 Å². The van der Waals surface area contributed by atoms with Gasteiger partial charge in [-0.05, 0) is 86.9 Å². The van der Waals surface area contributed by atoms with Gasteiger partial charge in [0.2, 0.25) is 0 Å². The topological polar surface area (TPSA) is 53.1 Å². The Morgan fingerprint density at radius 2 is 1.67 bits per heavy atom. The molecule has 0 radical (unpaired) electrons. The molecule has 0 amide bonds. The van der Waals surface area contributed by atoms with Crippen molar-refractivity contribution in [1.82, 2.24) is 5.01 Å². The maximum Gasteiger partial charge on any atom is 0.0509 e. The molecule has 208 valence electrons. The Morgan fingerprint density at radius 3 is 2.36 bits per heavy atom. The highest BCUT2D eigenvalue weighted by Gasteiger charge is 2.49. The summed E-state index contributed by atoms with van der Waals surface area (Å²) in [4.78, 5) is 0. The van der Waals surface area contributed by atoms with Crippen LogP contribution in [0, 0.1) is 40.4 Å². The van der Waals surface area contributed by atoms with Crippen molar-refractivity contribution in [2.75, 3.05) is 13.1 Å². The molecule has 3 rings (SSSR count). The van der Waals surface area contributed by atoms with E-state index in [9.17, 15) is 0 Å². The van der Waals surface area contributed by atoms with Crippen molar-refractivity contribution in [2.45, 2.75) is 143 Å². The van der Waals surface area contributed by atoms with Gasteiger partial charge in [-0.15, -0.1) is 0 Å². The number of rotatable bonds is 17. The van der Waals surface area contributed by atoms with Gasteiger partial charge in [0.25, 0.3) is 0 Å². The zero-order valence-corrected chi connectivity index (χ0v) is 24.4. The molecule has 2 fully saturated rings. The summed E-state index contributed by atoms with van der Waals surface area (Å²) in [5, 5.41) is 10.7.